The summed E-state index contributed by atoms with van der Waals surface area (Å²) in [6.45, 7) is 4.70. The molecular weight excluding hydrogens is 488 g/mol. The van der Waals surface area contributed by atoms with Crippen molar-refractivity contribution < 1.29 is 18.3 Å². The smallest absolute Gasteiger partial charge is 0.319 e. The molecule has 0 radical (unpaired) electrons. The molecule has 4 atom stereocenters. The summed E-state index contributed by atoms with van der Waals surface area (Å²) in [6.07, 6.45) is 2.92. The molecule has 2 fully saturated rings. The Morgan fingerprint density at radius 2 is 2.08 bits per heavy atom. The molecule has 2 aliphatic carbocycles. The van der Waals surface area contributed by atoms with Crippen LogP contribution in [0.1, 0.15) is 29.9 Å². The minimum atomic E-state index is -0.896. The number of rotatable bonds is 9. The number of nitrogens with zero attached hydrogens (tertiary/aromatic N) is 3. The minimum Gasteiger partial charge on any atom is -0.462 e. The lowest BCUT2D eigenvalue weighted by Gasteiger charge is -2.19. The van der Waals surface area contributed by atoms with Gasteiger partial charge in [-0.05, 0) is 67.0 Å². The van der Waals surface area contributed by atoms with Gasteiger partial charge in [-0.1, -0.05) is 30.8 Å². The van der Waals surface area contributed by atoms with Gasteiger partial charge in [-0.15, -0.1) is 0 Å². The summed E-state index contributed by atoms with van der Waals surface area (Å²) < 4.78 is 36.0. The first kappa shape index (κ1) is 24.7. The summed E-state index contributed by atoms with van der Waals surface area (Å²) in [5, 5.41) is 6.40. The van der Waals surface area contributed by atoms with E-state index in [2.05, 4.69) is 33.2 Å². The summed E-state index contributed by atoms with van der Waals surface area (Å²) in [7, 11) is 1.86. The number of hydrogen-bond donors (Lipinski definition) is 2. The van der Waals surface area contributed by atoms with Gasteiger partial charge in [0.1, 0.15) is 24.1 Å². The van der Waals surface area contributed by atoms with Gasteiger partial charge in [-0.25, -0.2) is 8.78 Å². The van der Waals surface area contributed by atoms with Gasteiger partial charge in [-0.2, -0.15) is 9.97 Å². The van der Waals surface area contributed by atoms with Crippen LogP contribution >= 0.6 is 0 Å². The van der Waals surface area contributed by atoms with Crippen molar-refractivity contribution in [2.75, 3.05) is 38.6 Å². The first-order chi connectivity index (χ1) is 18.4. The molecule has 2 heterocycles. The van der Waals surface area contributed by atoms with Crippen LogP contribution in [0.3, 0.4) is 0 Å². The van der Waals surface area contributed by atoms with Crippen LogP contribution in [-0.2, 0) is 11.2 Å². The molecular formula is C29H31F2N5O2. The molecule has 1 aromatic heterocycles. The first-order valence-corrected chi connectivity index (χ1v) is 13.2. The third kappa shape index (κ3) is 4.60. The Labute approximate surface area is 220 Å². The highest BCUT2D eigenvalue weighted by Crippen LogP contribution is 2.58. The highest BCUT2D eigenvalue weighted by molar-refractivity contribution is 5.93. The lowest BCUT2D eigenvalue weighted by molar-refractivity contribution is -0.116. The number of aromatic nitrogens is 2. The second-order valence-electron chi connectivity index (χ2n) is 10.5. The van der Waals surface area contributed by atoms with Gasteiger partial charge in [0, 0.05) is 36.6 Å². The van der Waals surface area contributed by atoms with Gasteiger partial charge in [0.05, 0.1) is 0 Å². The molecule has 1 aliphatic heterocycles. The van der Waals surface area contributed by atoms with E-state index in [-0.39, 0.29) is 30.1 Å². The van der Waals surface area contributed by atoms with Crippen LogP contribution in [0, 0.1) is 11.7 Å². The Morgan fingerprint density at radius 1 is 1.21 bits per heavy atom. The van der Waals surface area contributed by atoms with Crippen LogP contribution < -0.4 is 15.4 Å². The molecule has 2 unspecified atom stereocenters. The third-order valence-electron chi connectivity index (χ3n) is 7.99. The molecule has 0 bridgehead atoms. The highest BCUT2D eigenvalue weighted by Gasteiger charge is 2.46. The number of ether oxygens (including phenoxy) is 1. The van der Waals surface area contributed by atoms with Crippen molar-refractivity contribution >= 4 is 22.6 Å². The molecule has 38 heavy (non-hydrogen) atoms. The number of alkyl halides is 1. The quantitative estimate of drug-likeness (QED) is 0.325. The van der Waals surface area contributed by atoms with E-state index in [1.54, 1.807) is 6.07 Å². The molecule has 0 spiro atoms. The Bertz CT molecular complexity index is 1410. The standard InChI is InChI=1S/C29H31F2N5O2/c1-3-24(37)32-9-10-33-28-22-8-7-21(20-6-4-5-16-11-17-12-23(17)25(16)20)26(31)27(22)34-29(35-28)38-15-19-13-18(30)14-36(19)2/h3-8,17-19,23H,1,9-15H2,2H3,(H,32,37)(H,33,34,35)/t17?,18-,19+,23?/m1/s1. The molecule has 3 aliphatic rings. The first-order valence-electron chi connectivity index (χ1n) is 13.2. The third-order valence-corrected chi connectivity index (χ3v) is 7.99. The molecule has 7 nitrogen and oxygen atoms in total. The topological polar surface area (TPSA) is 79.4 Å². The number of hydrogen-bond acceptors (Lipinski definition) is 6. The van der Waals surface area contributed by atoms with Crippen LogP contribution in [0.25, 0.3) is 22.0 Å². The summed E-state index contributed by atoms with van der Waals surface area (Å²) in [6, 6.07) is 9.69. The Hall–Kier alpha value is -3.59. The largest absolute Gasteiger partial charge is 0.462 e. The normalized spacial score (nSPS) is 23.7. The second kappa shape index (κ2) is 9.94. The number of likely N-dealkylation sites (tertiary alicyclic amines) is 1. The zero-order chi connectivity index (χ0) is 26.4. The van der Waals surface area contributed by atoms with Crippen molar-refractivity contribution in [2.45, 2.75) is 37.4 Å². The van der Waals surface area contributed by atoms with E-state index in [1.807, 2.05) is 30.1 Å². The molecule has 2 N–H and O–H groups in total. The zero-order valence-corrected chi connectivity index (χ0v) is 21.3. The van der Waals surface area contributed by atoms with E-state index in [0.717, 1.165) is 12.0 Å². The maximum atomic E-state index is 16.2. The number of halogens is 2. The van der Waals surface area contributed by atoms with Crippen molar-refractivity contribution in [1.82, 2.24) is 20.2 Å². The second-order valence-corrected chi connectivity index (χ2v) is 10.5. The van der Waals surface area contributed by atoms with Crippen LogP contribution in [0.5, 0.6) is 6.01 Å². The van der Waals surface area contributed by atoms with E-state index >= 15 is 4.39 Å². The number of benzene rings is 2. The predicted molar refractivity (Wildman–Crippen MR) is 143 cm³/mol. The number of fused-ring (bicyclic) bond motifs is 4. The number of anilines is 1. The maximum absolute atomic E-state index is 16.2. The van der Waals surface area contributed by atoms with E-state index in [9.17, 15) is 9.18 Å². The number of carbonyl (C=O) groups is 1. The van der Waals surface area contributed by atoms with Gasteiger partial charge >= 0.3 is 6.01 Å². The molecule has 1 saturated carbocycles. The highest BCUT2D eigenvalue weighted by atomic mass is 19.1. The monoisotopic (exact) mass is 519 g/mol. The van der Waals surface area contributed by atoms with Crippen molar-refractivity contribution in [3.05, 3.63) is 59.9 Å². The van der Waals surface area contributed by atoms with Gasteiger partial charge in [0.25, 0.3) is 0 Å². The lowest BCUT2D eigenvalue weighted by atomic mass is 9.93. The summed E-state index contributed by atoms with van der Waals surface area (Å²) in [5.41, 5.74) is 4.19. The van der Waals surface area contributed by atoms with Crippen molar-refractivity contribution in [3.63, 3.8) is 0 Å². The van der Waals surface area contributed by atoms with E-state index in [4.69, 9.17) is 4.74 Å². The number of amides is 1. The van der Waals surface area contributed by atoms with Crippen molar-refractivity contribution in [3.8, 4) is 17.1 Å². The summed E-state index contributed by atoms with van der Waals surface area (Å²) >= 11 is 0. The predicted octanol–water partition coefficient (Wildman–Crippen LogP) is 4.23. The fourth-order valence-corrected chi connectivity index (χ4v) is 5.94. The van der Waals surface area contributed by atoms with E-state index in [0.29, 0.717) is 54.7 Å². The van der Waals surface area contributed by atoms with Crippen LogP contribution in [0.15, 0.2) is 43.0 Å². The van der Waals surface area contributed by atoms with Crippen LogP contribution in [0.4, 0.5) is 14.6 Å². The fraction of sp³-hybridized carbons (Fsp3) is 0.414. The Kier molecular flexibility index (Phi) is 6.47. The van der Waals surface area contributed by atoms with Gasteiger partial charge in [0.15, 0.2) is 5.82 Å². The molecule has 1 amide bonds. The molecule has 3 aromatic rings. The van der Waals surface area contributed by atoms with E-state index < -0.39 is 12.0 Å². The molecule has 6 rings (SSSR count). The zero-order valence-electron chi connectivity index (χ0n) is 21.3. The maximum Gasteiger partial charge on any atom is 0.319 e. The summed E-state index contributed by atoms with van der Waals surface area (Å²) in [4.78, 5) is 22.4. The average molecular weight is 520 g/mol. The number of nitrogens with one attached hydrogen (secondary N) is 2. The molecule has 1 saturated heterocycles. The van der Waals surface area contributed by atoms with E-state index in [1.165, 1.54) is 23.6 Å². The number of carbonyl (C=O) groups excluding carboxylic acids is 1. The Morgan fingerprint density at radius 3 is 2.87 bits per heavy atom. The minimum absolute atomic E-state index is 0.0300. The molecule has 2 aromatic carbocycles. The fourth-order valence-electron chi connectivity index (χ4n) is 5.94. The molecule has 198 valence electrons. The van der Waals surface area contributed by atoms with Gasteiger partial charge < -0.3 is 15.4 Å². The number of likely N-dealkylation sites (N-methyl/N-ethyl adjacent to an activating group) is 1. The average Bonchev–Trinajstić information content (AvgIpc) is 3.45. The van der Waals surface area contributed by atoms with Crippen molar-refractivity contribution in [2.24, 2.45) is 5.92 Å². The van der Waals surface area contributed by atoms with Crippen LogP contribution in [0.2, 0.25) is 0 Å². The Balaban J connectivity index is 1.34. The van der Waals surface area contributed by atoms with Crippen LogP contribution in [-0.4, -0.2) is 66.3 Å². The summed E-state index contributed by atoms with van der Waals surface area (Å²) in [5.74, 6) is 0.918. The molecule has 9 heteroatoms. The lowest BCUT2D eigenvalue weighted by Crippen LogP contribution is -2.31. The van der Waals surface area contributed by atoms with Gasteiger partial charge in [-0.3, -0.25) is 9.69 Å². The SMILES string of the molecule is C=CC(=O)NCCNc1nc(OC[C@@H]2C[C@@H](F)CN2C)nc2c(F)c(-c3cccc4c3C3CC3C4)ccc12. The van der Waals surface area contributed by atoms with Gasteiger partial charge in [0.2, 0.25) is 5.91 Å². The van der Waals surface area contributed by atoms with Crippen molar-refractivity contribution in [1.29, 1.82) is 0 Å².